The Labute approximate surface area is 106 Å². The molecule has 0 fully saturated rings. The van der Waals surface area contributed by atoms with E-state index in [0.29, 0.717) is 12.1 Å². The minimum atomic E-state index is 0.259. The number of hydrogen-bond acceptors (Lipinski definition) is 3. The fourth-order valence-corrected chi connectivity index (χ4v) is 1.54. The van der Waals surface area contributed by atoms with Crippen molar-refractivity contribution in [2.24, 2.45) is 4.99 Å². The predicted molar refractivity (Wildman–Crippen MR) is 70.6 cm³/mol. The molecule has 0 spiro atoms. The van der Waals surface area contributed by atoms with E-state index in [1.54, 1.807) is 30.5 Å². The van der Waals surface area contributed by atoms with Crippen LogP contribution in [0, 0.1) is 11.3 Å². The molecule has 3 heteroatoms. The number of aliphatic imine (C=N–C) groups is 1. The number of para-hydroxylation sites is 1. The third-order valence-corrected chi connectivity index (χ3v) is 2.53. The smallest absolute Gasteiger partial charge is 0.120 e. The van der Waals surface area contributed by atoms with Gasteiger partial charge in [0.05, 0.1) is 18.2 Å². The van der Waals surface area contributed by atoms with Gasteiger partial charge in [0, 0.05) is 11.8 Å². The first-order valence-electron chi connectivity index (χ1n) is 5.56. The minimum Gasteiger partial charge on any atom is -0.508 e. The van der Waals surface area contributed by atoms with Gasteiger partial charge in [-0.3, -0.25) is 4.99 Å². The van der Waals surface area contributed by atoms with Crippen LogP contribution in [0.1, 0.15) is 16.7 Å². The van der Waals surface area contributed by atoms with Crippen LogP contribution < -0.4 is 0 Å². The summed E-state index contributed by atoms with van der Waals surface area (Å²) >= 11 is 0. The Hall–Kier alpha value is -2.60. The first kappa shape index (κ1) is 11.9. The van der Waals surface area contributed by atoms with Crippen molar-refractivity contribution < 1.29 is 5.11 Å². The summed E-state index contributed by atoms with van der Waals surface area (Å²) in [5.74, 6) is 0.259. The average Bonchev–Trinajstić information content (AvgIpc) is 2.42. The summed E-state index contributed by atoms with van der Waals surface area (Å²) in [6, 6.07) is 16.4. The summed E-state index contributed by atoms with van der Waals surface area (Å²) in [4.78, 5) is 4.26. The first-order valence-corrected chi connectivity index (χ1v) is 5.56. The second-order valence-corrected chi connectivity index (χ2v) is 3.83. The highest BCUT2D eigenvalue weighted by molar-refractivity contribution is 5.79. The summed E-state index contributed by atoms with van der Waals surface area (Å²) in [6.07, 6.45) is 1.73. The lowest BCUT2D eigenvalue weighted by atomic mass is 10.1. The number of rotatable bonds is 3. The van der Waals surface area contributed by atoms with E-state index in [9.17, 15) is 5.11 Å². The lowest BCUT2D eigenvalue weighted by Crippen LogP contribution is -1.85. The summed E-state index contributed by atoms with van der Waals surface area (Å²) < 4.78 is 0. The van der Waals surface area contributed by atoms with E-state index < -0.39 is 0 Å². The van der Waals surface area contributed by atoms with Gasteiger partial charge in [-0.1, -0.05) is 30.3 Å². The molecule has 0 aliphatic rings. The van der Waals surface area contributed by atoms with Crippen LogP contribution in [0.4, 0.5) is 0 Å². The molecule has 3 nitrogen and oxygen atoms in total. The largest absolute Gasteiger partial charge is 0.508 e. The van der Waals surface area contributed by atoms with Crippen molar-refractivity contribution in [2.45, 2.75) is 6.54 Å². The number of phenols is 1. The van der Waals surface area contributed by atoms with Crippen LogP contribution in [0.5, 0.6) is 5.75 Å². The number of nitrogens with zero attached hydrogens (tertiary/aromatic N) is 2. The Bertz CT molecular complexity index is 595. The maximum absolute atomic E-state index is 9.57. The highest BCUT2D eigenvalue weighted by Crippen LogP contribution is 2.16. The molecule has 0 saturated carbocycles. The van der Waals surface area contributed by atoms with Crippen molar-refractivity contribution in [2.75, 3.05) is 0 Å². The van der Waals surface area contributed by atoms with Crippen LogP contribution in [-0.2, 0) is 6.54 Å². The van der Waals surface area contributed by atoms with E-state index in [4.69, 9.17) is 5.26 Å². The zero-order valence-corrected chi connectivity index (χ0v) is 9.74. The molecule has 0 radical (unpaired) electrons. The van der Waals surface area contributed by atoms with Gasteiger partial charge in [0.2, 0.25) is 0 Å². The first-order chi connectivity index (χ1) is 8.79. The molecule has 0 bridgehead atoms. The van der Waals surface area contributed by atoms with E-state index in [-0.39, 0.29) is 5.75 Å². The van der Waals surface area contributed by atoms with E-state index >= 15 is 0 Å². The second kappa shape index (κ2) is 5.65. The molecule has 0 saturated heterocycles. The van der Waals surface area contributed by atoms with Gasteiger partial charge in [0.1, 0.15) is 5.75 Å². The zero-order valence-electron chi connectivity index (χ0n) is 9.74. The molecule has 0 atom stereocenters. The summed E-state index contributed by atoms with van der Waals surface area (Å²) in [7, 11) is 0. The molecule has 88 valence electrons. The Balaban J connectivity index is 2.03. The van der Waals surface area contributed by atoms with Crippen LogP contribution in [0.3, 0.4) is 0 Å². The lowest BCUT2D eigenvalue weighted by molar-refractivity contribution is 0.468. The fraction of sp³-hybridized carbons (Fsp3) is 0.0667. The maximum Gasteiger partial charge on any atom is 0.120 e. The molecule has 1 N–H and O–H groups in total. The molecule has 2 rings (SSSR count). The van der Waals surface area contributed by atoms with Crippen molar-refractivity contribution in [3.05, 3.63) is 65.2 Å². The van der Waals surface area contributed by atoms with E-state index in [1.807, 2.05) is 24.3 Å². The SMILES string of the molecule is N#Cc1ccc(C=NCc2ccccc2O)cc1. The van der Waals surface area contributed by atoms with Gasteiger partial charge in [-0.15, -0.1) is 0 Å². The van der Waals surface area contributed by atoms with Gasteiger partial charge in [-0.2, -0.15) is 5.26 Å². The molecule has 0 heterocycles. The van der Waals surface area contributed by atoms with Gasteiger partial charge in [-0.25, -0.2) is 0 Å². The van der Waals surface area contributed by atoms with Gasteiger partial charge >= 0.3 is 0 Å². The van der Waals surface area contributed by atoms with Crippen LogP contribution in [0.2, 0.25) is 0 Å². The van der Waals surface area contributed by atoms with Crippen LogP contribution >= 0.6 is 0 Å². The fourth-order valence-electron chi connectivity index (χ4n) is 1.54. The number of nitriles is 1. The summed E-state index contributed by atoms with van der Waals surface area (Å²) in [5.41, 5.74) is 2.36. The Kier molecular flexibility index (Phi) is 3.72. The Morgan fingerprint density at radius 2 is 1.83 bits per heavy atom. The van der Waals surface area contributed by atoms with Crippen LogP contribution in [0.15, 0.2) is 53.5 Å². The molecule has 18 heavy (non-hydrogen) atoms. The van der Waals surface area contributed by atoms with Gasteiger partial charge < -0.3 is 5.11 Å². The normalized spacial score (nSPS) is 10.4. The monoisotopic (exact) mass is 236 g/mol. The van der Waals surface area contributed by atoms with E-state index in [1.165, 1.54) is 0 Å². The van der Waals surface area contributed by atoms with E-state index in [2.05, 4.69) is 11.1 Å². The third kappa shape index (κ3) is 2.96. The van der Waals surface area contributed by atoms with Gasteiger partial charge in [-0.05, 0) is 23.8 Å². The van der Waals surface area contributed by atoms with Crippen molar-refractivity contribution >= 4 is 6.21 Å². The molecule has 0 unspecified atom stereocenters. The van der Waals surface area contributed by atoms with Crippen molar-refractivity contribution in [3.8, 4) is 11.8 Å². The van der Waals surface area contributed by atoms with Crippen molar-refractivity contribution in [1.82, 2.24) is 0 Å². The quantitative estimate of drug-likeness (QED) is 0.833. The van der Waals surface area contributed by atoms with Gasteiger partial charge in [0.25, 0.3) is 0 Å². The molecule has 0 aliphatic heterocycles. The average molecular weight is 236 g/mol. The molecule has 0 amide bonds. The lowest BCUT2D eigenvalue weighted by Gasteiger charge is -1.99. The Morgan fingerprint density at radius 1 is 1.11 bits per heavy atom. The Morgan fingerprint density at radius 3 is 2.50 bits per heavy atom. The zero-order chi connectivity index (χ0) is 12.8. The van der Waals surface area contributed by atoms with Crippen molar-refractivity contribution in [3.63, 3.8) is 0 Å². The third-order valence-electron chi connectivity index (χ3n) is 2.53. The standard InChI is InChI=1S/C15H12N2O/c16-9-12-5-7-13(8-6-12)10-17-11-14-3-1-2-4-15(14)18/h1-8,10,18H,11H2. The predicted octanol–water partition coefficient (Wildman–Crippen LogP) is 2.88. The number of aromatic hydroxyl groups is 1. The minimum absolute atomic E-state index is 0.259. The molecule has 0 aromatic heterocycles. The topological polar surface area (TPSA) is 56.4 Å². The molecule has 2 aromatic rings. The number of hydrogen-bond donors (Lipinski definition) is 1. The highest BCUT2D eigenvalue weighted by atomic mass is 16.3. The van der Waals surface area contributed by atoms with Crippen LogP contribution in [0.25, 0.3) is 0 Å². The van der Waals surface area contributed by atoms with Gasteiger partial charge in [0.15, 0.2) is 0 Å². The molecule has 0 aliphatic carbocycles. The number of phenolic OH excluding ortho intramolecular Hbond substituents is 1. The molecule has 2 aromatic carbocycles. The summed E-state index contributed by atoms with van der Waals surface area (Å²) in [5, 5.41) is 18.2. The van der Waals surface area contributed by atoms with Crippen molar-refractivity contribution in [1.29, 1.82) is 5.26 Å². The maximum atomic E-state index is 9.57. The van der Waals surface area contributed by atoms with E-state index in [0.717, 1.165) is 11.1 Å². The second-order valence-electron chi connectivity index (χ2n) is 3.83. The summed E-state index contributed by atoms with van der Waals surface area (Å²) in [6.45, 7) is 0.437. The van der Waals surface area contributed by atoms with Crippen LogP contribution in [-0.4, -0.2) is 11.3 Å². The highest BCUT2D eigenvalue weighted by Gasteiger charge is 1.96. The number of benzene rings is 2. The molecular weight excluding hydrogens is 224 g/mol. The molecular formula is C15H12N2O.